The van der Waals surface area contributed by atoms with Gasteiger partial charge in [-0.2, -0.15) is 0 Å². The van der Waals surface area contributed by atoms with Crippen LogP contribution in [-0.2, 0) is 9.53 Å². The Hall–Kier alpha value is -0.830. The van der Waals surface area contributed by atoms with Crippen molar-refractivity contribution in [2.45, 2.75) is 46.0 Å². The van der Waals surface area contributed by atoms with Crippen LogP contribution in [0.2, 0.25) is 0 Å². The smallest absolute Gasteiger partial charge is 0.333 e. The SMILES string of the molecule is CCC(=CCN1CCCC(CC)CC1)C(=O)OC. The van der Waals surface area contributed by atoms with Gasteiger partial charge >= 0.3 is 5.97 Å². The van der Waals surface area contributed by atoms with Crippen molar-refractivity contribution in [1.29, 1.82) is 0 Å². The van der Waals surface area contributed by atoms with Crippen LogP contribution in [-0.4, -0.2) is 37.6 Å². The zero-order valence-corrected chi connectivity index (χ0v) is 12.1. The van der Waals surface area contributed by atoms with Gasteiger partial charge in [-0.05, 0) is 44.7 Å². The molecule has 1 aliphatic heterocycles. The molecule has 0 aromatic heterocycles. The third-order valence-corrected chi connectivity index (χ3v) is 3.94. The number of esters is 1. The highest BCUT2D eigenvalue weighted by molar-refractivity contribution is 5.88. The number of carbonyl (C=O) groups excluding carboxylic acids is 1. The van der Waals surface area contributed by atoms with Crippen LogP contribution in [0.15, 0.2) is 11.6 Å². The number of hydrogen-bond acceptors (Lipinski definition) is 3. The Morgan fingerprint density at radius 3 is 2.72 bits per heavy atom. The van der Waals surface area contributed by atoms with Gasteiger partial charge in [0.25, 0.3) is 0 Å². The fourth-order valence-corrected chi connectivity index (χ4v) is 2.56. The molecule has 0 aliphatic carbocycles. The molecule has 1 fully saturated rings. The number of rotatable bonds is 5. The maximum absolute atomic E-state index is 11.5. The van der Waals surface area contributed by atoms with Gasteiger partial charge < -0.3 is 4.74 Å². The van der Waals surface area contributed by atoms with E-state index in [4.69, 9.17) is 4.74 Å². The number of ether oxygens (including phenoxy) is 1. The minimum atomic E-state index is -0.182. The van der Waals surface area contributed by atoms with Crippen LogP contribution in [0.1, 0.15) is 46.0 Å². The molecule has 0 radical (unpaired) electrons. The molecule has 0 aromatic carbocycles. The highest BCUT2D eigenvalue weighted by Crippen LogP contribution is 2.20. The van der Waals surface area contributed by atoms with Crippen LogP contribution in [0.4, 0.5) is 0 Å². The lowest BCUT2D eigenvalue weighted by molar-refractivity contribution is -0.136. The molecular weight excluding hydrogens is 226 g/mol. The third kappa shape index (κ3) is 4.81. The monoisotopic (exact) mass is 253 g/mol. The van der Waals surface area contributed by atoms with Crippen molar-refractivity contribution < 1.29 is 9.53 Å². The predicted molar refractivity (Wildman–Crippen MR) is 74.5 cm³/mol. The summed E-state index contributed by atoms with van der Waals surface area (Å²) in [6.45, 7) is 7.48. The lowest BCUT2D eigenvalue weighted by Gasteiger charge is -2.18. The molecule has 3 nitrogen and oxygen atoms in total. The average Bonchev–Trinajstić information content (AvgIpc) is 2.64. The Balaban J connectivity index is 2.46. The number of hydrogen-bond donors (Lipinski definition) is 0. The normalized spacial score (nSPS) is 22.6. The van der Waals surface area contributed by atoms with Crippen molar-refractivity contribution in [3.05, 3.63) is 11.6 Å². The number of carbonyl (C=O) groups is 1. The number of nitrogens with zero attached hydrogens (tertiary/aromatic N) is 1. The molecule has 1 atom stereocenters. The zero-order chi connectivity index (χ0) is 13.4. The van der Waals surface area contributed by atoms with Gasteiger partial charge in [-0.1, -0.05) is 26.3 Å². The van der Waals surface area contributed by atoms with E-state index in [1.165, 1.54) is 32.8 Å². The van der Waals surface area contributed by atoms with Gasteiger partial charge in [-0.25, -0.2) is 4.79 Å². The molecule has 1 heterocycles. The molecule has 0 bridgehead atoms. The van der Waals surface area contributed by atoms with Crippen LogP contribution >= 0.6 is 0 Å². The molecule has 0 amide bonds. The minimum Gasteiger partial charge on any atom is -0.466 e. The first-order valence-corrected chi connectivity index (χ1v) is 7.20. The summed E-state index contributed by atoms with van der Waals surface area (Å²) in [6.07, 6.45) is 8.02. The molecule has 3 heteroatoms. The van der Waals surface area contributed by atoms with E-state index < -0.39 is 0 Å². The molecule has 0 aromatic rings. The number of likely N-dealkylation sites (tertiary alicyclic amines) is 1. The summed E-state index contributed by atoms with van der Waals surface area (Å²) in [5, 5.41) is 0. The second-order valence-electron chi connectivity index (χ2n) is 5.08. The first-order valence-electron chi connectivity index (χ1n) is 7.20. The Kier molecular flexibility index (Phi) is 7.02. The fourth-order valence-electron chi connectivity index (χ4n) is 2.56. The van der Waals surface area contributed by atoms with Crippen molar-refractivity contribution in [1.82, 2.24) is 4.90 Å². The van der Waals surface area contributed by atoms with Gasteiger partial charge in [0.15, 0.2) is 0 Å². The van der Waals surface area contributed by atoms with Gasteiger partial charge in [-0.15, -0.1) is 0 Å². The van der Waals surface area contributed by atoms with Crippen molar-refractivity contribution in [3.63, 3.8) is 0 Å². The largest absolute Gasteiger partial charge is 0.466 e. The summed E-state index contributed by atoms with van der Waals surface area (Å²) in [4.78, 5) is 13.9. The molecular formula is C15H27NO2. The van der Waals surface area contributed by atoms with Crippen LogP contribution in [0.25, 0.3) is 0 Å². The topological polar surface area (TPSA) is 29.5 Å². The molecule has 18 heavy (non-hydrogen) atoms. The van der Waals surface area contributed by atoms with Gasteiger partial charge in [-0.3, -0.25) is 4.90 Å². The van der Waals surface area contributed by atoms with Crippen LogP contribution in [0.3, 0.4) is 0 Å². The second kappa shape index (κ2) is 8.30. The quantitative estimate of drug-likeness (QED) is 0.557. The molecule has 1 rings (SSSR count). The van der Waals surface area contributed by atoms with Crippen molar-refractivity contribution in [2.75, 3.05) is 26.7 Å². The van der Waals surface area contributed by atoms with Crippen molar-refractivity contribution in [2.24, 2.45) is 5.92 Å². The van der Waals surface area contributed by atoms with E-state index in [0.29, 0.717) is 0 Å². The fraction of sp³-hybridized carbons (Fsp3) is 0.800. The Morgan fingerprint density at radius 1 is 1.33 bits per heavy atom. The maximum atomic E-state index is 11.5. The minimum absolute atomic E-state index is 0.182. The number of methoxy groups -OCH3 is 1. The molecule has 1 aliphatic rings. The average molecular weight is 253 g/mol. The van der Waals surface area contributed by atoms with Crippen LogP contribution in [0.5, 0.6) is 0 Å². The van der Waals surface area contributed by atoms with Crippen LogP contribution < -0.4 is 0 Å². The molecule has 0 saturated carbocycles. The summed E-state index contributed by atoms with van der Waals surface area (Å²) in [5.41, 5.74) is 0.800. The molecule has 0 N–H and O–H groups in total. The molecule has 1 saturated heterocycles. The van der Waals surface area contributed by atoms with Gasteiger partial charge in [0.05, 0.1) is 7.11 Å². The van der Waals surface area contributed by atoms with E-state index in [0.717, 1.165) is 37.5 Å². The van der Waals surface area contributed by atoms with E-state index in [-0.39, 0.29) is 5.97 Å². The first kappa shape index (κ1) is 15.2. The lowest BCUT2D eigenvalue weighted by atomic mass is 9.98. The highest BCUT2D eigenvalue weighted by Gasteiger charge is 2.15. The summed E-state index contributed by atoms with van der Waals surface area (Å²) in [6, 6.07) is 0. The van der Waals surface area contributed by atoms with Crippen molar-refractivity contribution >= 4 is 5.97 Å². The predicted octanol–water partition coefficient (Wildman–Crippen LogP) is 3.01. The van der Waals surface area contributed by atoms with E-state index in [9.17, 15) is 4.79 Å². The summed E-state index contributed by atoms with van der Waals surface area (Å²) in [5.74, 6) is 0.712. The van der Waals surface area contributed by atoms with Crippen LogP contribution in [0, 0.1) is 5.92 Å². The third-order valence-electron chi connectivity index (χ3n) is 3.94. The standard InChI is InChI=1S/C15H27NO2/c1-4-13-7-6-10-16(11-8-13)12-9-14(5-2)15(17)18-3/h9,13H,4-8,10-12H2,1-3H3. The zero-order valence-electron chi connectivity index (χ0n) is 12.1. The molecule has 1 unspecified atom stereocenters. The Morgan fingerprint density at radius 2 is 2.11 bits per heavy atom. The summed E-state index contributed by atoms with van der Waals surface area (Å²) in [7, 11) is 1.45. The summed E-state index contributed by atoms with van der Waals surface area (Å²) >= 11 is 0. The van der Waals surface area contributed by atoms with E-state index in [1.54, 1.807) is 0 Å². The first-order chi connectivity index (χ1) is 8.71. The Bertz CT molecular complexity index is 286. The maximum Gasteiger partial charge on any atom is 0.333 e. The highest BCUT2D eigenvalue weighted by atomic mass is 16.5. The van der Waals surface area contributed by atoms with Gasteiger partial charge in [0, 0.05) is 12.1 Å². The van der Waals surface area contributed by atoms with Gasteiger partial charge in [0.2, 0.25) is 0 Å². The Labute approximate surface area is 111 Å². The summed E-state index contributed by atoms with van der Waals surface area (Å²) < 4.78 is 4.78. The van der Waals surface area contributed by atoms with Crippen molar-refractivity contribution in [3.8, 4) is 0 Å². The molecule has 0 spiro atoms. The van der Waals surface area contributed by atoms with E-state index in [2.05, 4.69) is 11.8 Å². The van der Waals surface area contributed by atoms with Gasteiger partial charge in [0.1, 0.15) is 0 Å². The second-order valence-corrected chi connectivity index (χ2v) is 5.08. The van der Waals surface area contributed by atoms with E-state index in [1.807, 2.05) is 13.0 Å². The lowest BCUT2D eigenvalue weighted by Crippen LogP contribution is -2.25. The molecule has 104 valence electrons. The van der Waals surface area contributed by atoms with E-state index >= 15 is 0 Å².